The highest BCUT2D eigenvalue weighted by Crippen LogP contribution is 2.32. The van der Waals surface area contributed by atoms with Gasteiger partial charge in [-0.25, -0.2) is 0 Å². The fraction of sp³-hybridized carbons (Fsp3) is 0.611. The molecule has 0 radical (unpaired) electrons. The Balaban J connectivity index is 1.40. The number of nitrogens with zero attached hydrogens (tertiary/aromatic N) is 1. The number of hydrogen-bond acceptors (Lipinski definition) is 3. The first kappa shape index (κ1) is 16.6. The van der Waals surface area contributed by atoms with Crippen LogP contribution in [0, 0.1) is 5.92 Å². The molecular formula is C18H25ClN2O2. The molecule has 3 rings (SSSR count). The molecule has 2 bridgehead atoms. The van der Waals surface area contributed by atoms with Crippen LogP contribution in [0.1, 0.15) is 32.1 Å². The quantitative estimate of drug-likeness (QED) is 0.868. The Bertz CT molecular complexity index is 540. The third kappa shape index (κ3) is 4.39. The van der Waals surface area contributed by atoms with E-state index in [4.69, 9.17) is 16.3 Å². The van der Waals surface area contributed by atoms with Crippen molar-refractivity contribution in [2.75, 3.05) is 20.2 Å². The maximum Gasteiger partial charge on any atom is 0.222 e. The van der Waals surface area contributed by atoms with Gasteiger partial charge in [-0.1, -0.05) is 23.7 Å². The number of fused-ring (bicyclic) bond motifs is 2. The van der Waals surface area contributed by atoms with Gasteiger partial charge in [0, 0.05) is 25.6 Å². The summed E-state index contributed by atoms with van der Waals surface area (Å²) >= 11 is 6.05. The zero-order valence-electron chi connectivity index (χ0n) is 13.6. The molecule has 0 spiro atoms. The summed E-state index contributed by atoms with van der Waals surface area (Å²) in [4.78, 5) is 14.2. The second-order valence-electron chi connectivity index (χ2n) is 6.77. The minimum Gasteiger partial charge on any atom is -0.490 e. The highest BCUT2D eigenvalue weighted by Gasteiger charge is 2.34. The van der Waals surface area contributed by atoms with Gasteiger partial charge in [0.15, 0.2) is 0 Å². The summed E-state index contributed by atoms with van der Waals surface area (Å²) in [6.07, 6.45) is 5.50. The standard InChI is InChI=1S/C18H25ClN2O2/c1-21(8-9-23-17-5-3-2-4-16(17)19)18(22)12-13-10-14-6-7-15(11-13)20-14/h2-5,13-15,20H,6-12H2,1H3. The summed E-state index contributed by atoms with van der Waals surface area (Å²) in [6.45, 7) is 1.05. The van der Waals surface area contributed by atoms with Crippen molar-refractivity contribution >= 4 is 17.5 Å². The van der Waals surface area contributed by atoms with Gasteiger partial charge >= 0.3 is 0 Å². The molecule has 2 fully saturated rings. The minimum absolute atomic E-state index is 0.221. The van der Waals surface area contributed by atoms with Gasteiger partial charge in [-0.05, 0) is 43.7 Å². The number of nitrogens with one attached hydrogen (secondary N) is 1. The van der Waals surface area contributed by atoms with E-state index in [-0.39, 0.29) is 5.91 Å². The van der Waals surface area contributed by atoms with E-state index in [1.54, 1.807) is 11.0 Å². The second-order valence-corrected chi connectivity index (χ2v) is 7.18. The number of carbonyl (C=O) groups is 1. The van der Waals surface area contributed by atoms with Gasteiger partial charge in [-0.2, -0.15) is 0 Å². The molecule has 0 saturated carbocycles. The number of rotatable bonds is 6. The molecule has 1 aromatic carbocycles. The fourth-order valence-corrected chi connectivity index (χ4v) is 3.91. The molecule has 126 valence electrons. The predicted octanol–water partition coefficient (Wildman–Crippen LogP) is 3.10. The van der Waals surface area contributed by atoms with Gasteiger partial charge in [-0.3, -0.25) is 4.79 Å². The van der Waals surface area contributed by atoms with Crippen LogP contribution in [0.2, 0.25) is 5.02 Å². The number of benzene rings is 1. The SMILES string of the molecule is CN(CCOc1ccccc1Cl)C(=O)CC1CC2CCC(C1)N2. The second kappa shape index (κ2) is 7.54. The highest BCUT2D eigenvalue weighted by atomic mass is 35.5. The molecule has 2 heterocycles. The molecule has 0 aromatic heterocycles. The molecule has 4 nitrogen and oxygen atoms in total. The summed E-state index contributed by atoms with van der Waals surface area (Å²) in [6, 6.07) is 8.69. The predicted molar refractivity (Wildman–Crippen MR) is 91.9 cm³/mol. The van der Waals surface area contributed by atoms with Crippen LogP contribution >= 0.6 is 11.6 Å². The van der Waals surface area contributed by atoms with Gasteiger partial charge in [0.2, 0.25) is 5.91 Å². The van der Waals surface area contributed by atoms with E-state index in [0.717, 1.165) is 12.8 Å². The zero-order chi connectivity index (χ0) is 16.2. The largest absolute Gasteiger partial charge is 0.490 e. The fourth-order valence-electron chi connectivity index (χ4n) is 3.72. The molecule has 1 aromatic rings. The minimum atomic E-state index is 0.221. The lowest BCUT2D eigenvalue weighted by molar-refractivity contribution is -0.131. The number of likely N-dealkylation sites (N-methyl/N-ethyl adjacent to an activating group) is 1. The van der Waals surface area contributed by atoms with Crippen molar-refractivity contribution < 1.29 is 9.53 Å². The third-order valence-electron chi connectivity index (χ3n) is 4.98. The van der Waals surface area contributed by atoms with E-state index in [0.29, 0.717) is 48.3 Å². The Hall–Kier alpha value is -1.26. The lowest BCUT2D eigenvalue weighted by Crippen LogP contribution is -2.40. The highest BCUT2D eigenvalue weighted by molar-refractivity contribution is 6.32. The van der Waals surface area contributed by atoms with Crippen LogP contribution in [-0.4, -0.2) is 43.1 Å². The monoisotopic (exact) mass is 336 g/mol. The molecule has 5 heteroatoms. The summed E-state index contributed by atoms with van der Waals surface area (Å²) in [7, 11) is 1.86. The van der Waals surface area contributed by atoms with E-state index >= 15 is 0 Å². The lowest BCUT2D eigenvalue weighted by atomic mass is 9.89. The maximum atomic E-state index is 12.4. The topological polar surface area (TPSA) is 41.6 Å². The number of halogens is 1. The van der Waals surface area contributed by atoms with Crippen molar-refractivity contribution in [3.63, 3.8) is 0 Å². The number of hydrogen-bond donors (Lipinski definition) is 1. The van der Waals surface area contributed by atoms with E-state index in [1.165, 1.54) is 12.8 Å². The Morgan fingerprint density at radius 3 is 2.70 bits per heavy atom. The smallest absolute Gasteiger partial charge is 0.222 e. The van der Waals surface area contributed by atoms with Gasteiger partial charge < -0.3 is 15.0 Å². The number of ether oxygens (including phenoxy) is 1. The van der Waals surface area contributed by atoms with Crippen molar-refractivity contribution in [1.29, 1.82) is 0 Å². The van der Waals surface area contributed by atoms with Crippen LogP contribution < -0.4 is 10.1 Å². The van der Waals surface area contributed by atoms with Crippen LogP contribution in [0.5, 0.6) is 5.75 Å². The Morgan fingerprint density at radius 2 is 2.00 bits per heavy atom. The number of amides is 1. The Kier molecular flexibility index (Phi) is 5.44. The lowest BCUT2D eigenvalue weighted by Gasteiger charge is -2.30. The maximum absolute atomic E-state index is 12.4. The third-order valence-corrected chi connectivity index (χ3v) is 5.29. The molecule has 2 saturated heterocycles. The first-order valence-corrected chi connectivity index (χ1v) is 8.87. The van der Waals surface area contributed by atoms with Crippen LogP contribution in [-0.2, 0) is 4.79 Å². The molecule has 2 aliphatic heterocycles. The van der Waals surface area contributed by atoms with Crippen LogP contribution in [0.4, 0.5) is 0 Å². The average Bonchev–Trinajstić information content (AvgIpc) is 2.87. The summed E-state index contributed by atoms with van der Waals surface area (Å²) < 4.78 is 5.66. The summed E-state index contributed by atoms with van der Waals surface area (Å²) in [5.41, 5.74) is 0. The number of carbonyl (C=O) groups excluding carboxylic acids is 1. The molecule has 0 aliphatic carbocycles. The summed E-state index contributed by atoms with van der Waals surface area (Å²) in [5.74, 6) is 1.43. The Labute approximate surface area is 143 Å². The van der Waals surface area contributed by atoms with Crippen LogP contribution in [0.15, 0.2) is 24.3 Å². The molecular weight excluding hydrogens is 312 g/mol. The van der Waals surface area contributed by atoms with Crippen molar-refractivity contribution in [3.8, 4) is 5.75 Å². The molecule has 2 aliphatic rings. The van der Waals surface area contributed by atoms with Crippen molar-refractivity contribution in [3.05, 3.63) is 29.3 Å². The van der Waals surface area contributed by atoms with Crippen molar-refractivity contribution in [2.24, 2.45) is 5.92 Å². The van der Waals surface area contributed by atoms with Gasteiger partial charge in [-0.15, -0.1) is 0 Å². The van der Waals surface area contributed by atoms with E-state index < -0.39 is 0 Å². The summed E-state index contributed by atoms with van der Waals surface area (Å²) in [5, 5.41) is 4.23. The number of para-hydroxylation sites is 1. The molecule has 2 unspecified atom stereocenters. The first-order valence-electron chi connectivity index (χ1n) is 8.49. The van der Waals surface area contributed by atoms with Crippen molar-refractivity contribution in [1.82, 2.24) is 10.2 Å². The zero-order valence-corrected chi connectivity index (χ0v) is 14.4. The van der Waals surface area contributed by atoms with Gasteiger partial charge in [0.25, 0.3) is 0 Å². The van der Waals surface area contributed by atoms with Crippen molar-refractivity contribution in [2.45, 2.75) is 44.2 Å². The van der Waals surface area contributed by atoms with Gasteiger partial charge in [0.1, 0.15) is 12.4 Å². The van der Waals surface area contributed by atoms with E-state index in [1.807, 2.05) is 25.2 Å². The molecule has 1 amide bonds. The normalized spacial score (nSPS) is 26.1. The molecule has 23 heavy (non-hydrogen) atoms. The van der Waals surface area contributed by atoms with E-state index in [2.05, 4.69) is 5.32 Å². The Morgan fingerprint density at radius 1 is 1.30 bits per heavy atom. The average molecular weight is 337 g/mol. The van der Waals surface area contributed by atoms with Crippen LogP contribution in [0.25, 0.3) is 0 Å². The first-order chi connectivity index (χ1) is 11.1. The van der Waals surface area contributed by atoms with E-state index in [9.17, 15) is 4.79 Å². The van der Waals surface area contributed by atoms with Crippen LogP contribution in [0.3, 0.4) is 0 Å². The molecule has 2 atom stereocenters. The van der Waals surface area contributed by atoms with Gasteiger partial charge in [0.05, 0.1) is 11.6 Å². The molecule has 1 N–H and O–H groups in total. The number of piperidine rings is 1.